The van der Waals surface area contributed by atoms with Gasteiger partial charge in [0.05, 0.1) is 30.1 Å². The lowest BCUT2D eigenvalue weighted by atomic mass is 9.95. The first-order chi connectivity index (χ1) is 21.6. The van der Waals surface area contributed by atoms with Gasteiger partial charge in [-0.05, 0) is 35.4 Å². The van der Waals surface area contributed by atoms with Crippen molar-refractivity contribution in [2.45, 2.75) is 45.5 Å². The molecule has 1 amide bonds. The lowest BCUT2D eigenvalue weighted by Crippen LogP contribution is -2.45. The van der Waals surface area contributed by atoms with Crippen LogP contribution in [0.3, 0.4) is 0 Å². The van der Waals surface area contributed by atoms with Gasteiger partial charge in [-0.3, -0.25) is 19.5 Å². The molecule has 0 bridgehead atoms. The van der Waals surface area contributed by atoms with Gasteiger partial charge in [-0.1, -0.05) is 26.0 Å². The van der Waals surface area contributed by atoms with Gasteiger partial charge in [0.1, 0.15) is 11.3 Å². The lowest BCUT2D eigenvalue weighted by molar-refractivity contribution is -0.138. The predicted octanol–water partition coefficient (Wildman–Crippen LogP) is 4.35. The van der Waals surface area contributed by atoms with E-state index in [0.717, 1.165) is 56.2 Å². The van der Waals surface area contributed by atoms with Gasteiger partial charge in [-0.15, -0.1) is 0 Å². The van der Waals surface area contributed by atoms with E-state index in [0.29, 0.717) is 29.1 Å². The van der Waals surface area contributed by atoms with Crippen LogP contribution in [0, 0.1) is 0 Å². The Balaban J connectivity index is 1.16. The second-order valence-corrected chi connectivity index (χ2v) is 11.6. The summed E-state index contributed by atoms with van der Waals surface area (Å²) in [5.41, 5.74) is 1.77. The number of hydrogen-bond acceptors (Lipinski definition) is 8. The van der Waals surface area contributed by atoms with Gasteiger partial charge >= 0.3 is 6.18 Å². The van der Waals surface area contributed by atoms with Crippen LogP contribution in [0.15, 0.2) is 53.7 Å². The van der Waals surface area contributed by atoms with Crippen LogP contribution in [-0.2, 0) is 30.5 Å². The van der Waals surface area contributed by atoms with Crippen LogP contribution >= 0.6 is 0 Å². The molecule has 6 rings (SSSR count). The molecular weight excluding hydrogens is 587 g/mol. The van der Waals surface area contributed by atoms with Crippen LogP contribution < -0.4 is 10.3 Å². The van der Waals surface area contributed by atoms with Crippen LogP contribution in [0.25, 0.3) is 11.2 Å². The molecule has 1 unspecified atom stereocenters. The average molecular weight is 622 g/mol. The van der Waals surface area contributed by atoms with Crippen molar-refractivity contribution in [3.8, 4) is 11.5 Å². The van der Waals surface area contributed by atoms with E-state index < -0.39 is 11.7 Å². The topological polar surface area (TPSA) is 108 Å². The molecule has 0 aliphatic carbocycles. The first kappa shape index (κ1) is 30.7. The average Bonchev–Trinajstić information content (AvgIpc) is 3.01. The number of H-pyrrole nitrogens is 1. The summed E-state index contributed by atoms with van der Waals surface area (Å²) in [7, 11) is 0. The van der Waals surface area contributed by atoms with E-state index in [2.05, 4.69) is 36.7 Å². The maximum absolute atomic E-state index is 14.1. The highest BCUT2D eigenvalue weighted by atomic mass is 19.4. The van der Waals surface area contributed by atoms with E-state index in [4.69, 9.17) is 4.74 Å². The number of fused-ring (bicyclic) bond motifs is 2. The zero-order valence-corrected chi connectivity index (χ0v) is 25.1. The summed E-state index contributed by atoms with van der Waals surface area (Å²) >= 11 is 0. The van der Waals surface area contributed by atoms with Gasteiger partial charge < -0.3 is 19.5 Å². The molecular formula is C32H34F3N7O3. The van der Waals surface area contributed by atoms with Crippen molar-refractivity contribution in [3.63, 3.8) is 0 Å². The smallest absolute Gasteiger partial charge is 0.416 e. The van der Waals surface area contributed by atoms with E-state index in [1.807, 2.05) is 6.92 Å². The molecule has 1 N–H and O–H groups in total. The summed E-state index contributed by atoms with van der Waals surface area (Å²) < 4.78 is 48.5. The van der Waals surface area contributed by atoms with E-state index in [1.165, 1.54) is 12.3 Å². The minimum atomic E-state index is -4.52. The number of rotatable bonds is 7. The molecule has 2 aliphatic heterocycles. The number of amides is 1. The van der Waals surface area contributed by atoms with Gasteiger partial charge in [-0.25, -0.2) is 9.97 Å². The number of likely N-dealkylation sites (N-methyl/N-ethyl adjacent to an activating group) is 1. The van der Waals surface area contributed by atoms with Crippen molar-refractivity contribution in [1.82, 2.24) is 34.6 Å². The molecule has 1 saturated heterocycles. The van der Waals surface area contributed by atoms with Crippen molar-refractivity contribution in [3.05, 3.63) is 87.2 Å². The number of halogens is 3. The summed E-state index contributed by atoms with van der Waals surface area (Å²) in [6.07, 6.45) is -0.433. The maximum atomic E-state index is 14.1. The van der Waals surface area contributed by atoms with Crippen molar-refractivity contribution < 1.29 is 22.7 Å². The number of carbonyl (C=O) groups is 1. The molecule has 13 heteroatoms. The third kappa shape index (κ3) is 6.84. The molecule has 1 atom stereocenters. The quantitative estimate of drug-likeness (QED) is 0.325. The largest absolute Gasteiger partial charge is 0.453 e. The zero-order valence-electron chi connectivity index (χ0n) is 25.1. The van der Waals surface area contributed by atoms with Crippen LogP contribution in [0.5, 0.6) is 11.5 Å². The Morgan fingerprint density at radius 2 is 1.82 bits per heavy atom. The normalized spacial score (nSPS) is 17.8. The minimum Gasteiger partial charge on any atom is -0.453 e. The number of alkyl halides is 3. The number of benzene rings is 1. The van der Waals surface area contributed by atoms with Crippen molar-refractivity contribution in [2.24, 2.45) is 0 Å². The summed E-state index contributed by atoms with van der Waals surface area (Å²) in [5, 5.41) is 0. The Bertz CT molecular complexity index is 1770. The fourth-order valence-electron chi connectivity index (χ4n) is 6.06. The van der Waals surface area contributed by atoms with Gasteiger partial charge in [0.15, 0.2) is 11.4 Å². The zero-order chi connectivity index (χ0) is 31.7. The summed E-state index contributed by atoms with van der Waals surface area (Å²) in [4.78, 5) is 46.5. The first-order valence-corrected chi connectivity index (χ1v) is 15.0. The standard InChI is InChI=1S/C32H34F3N7O3/c1-3-40-8-10-41(11-9-40)18-22-5-4-21(12-25(22)32(33,34)35)13-28(44)42-17-20(2)29-23(19-42)14-24(15-37-29)45-26-6-7-36-31-30(26)38-16-27(43)39-31/h4-7,12,14-16,20H,3,8-11,13,17-19H2,1-2H3,(H,36,39,43). The van der Waals surface area contributed by atoms with Crippen LogP contribution in [0.1, 0.15) is 47.7 Å². The second-order valence-electron chi connectivity index (χ2n) is 11.6. The van der Waals surface area contributed by atoms with Crippen LogP contribution in [0.4, 0.5) is 13.2 Å². The highest BCUT2D eigenvalue weighted by Gasteiger charge is 2.35. The number of ether oxygens (including phenoxy) is 1. The van der Waals surface area contributed by atoms with Crippen molar-refractivity contribution in [2.75, 3.05) is 39.3 Å². The predicted molar refractivity (Wildman–Crippen MR) is 161 cm³/mol. The summed E-state index contributed by atoms with van der Waals surface area (Å²) in [6.45, 7) is 8.96. The number of carbonyl (C=O) groups excluding carboxylic acids is 1. The number of piperazine rings is 1. The Morgan fingerprint density at radius 1 is 1.04 bits per heavy atom. The molecule has 0 radical (unpaired) electrons. The summed E-state index contributed by atoms with van der Waals surface area (Å²) in [5.74, 6) is 0.449. The van der Waals surface area contributed by atoms with E-state index in [9.17, 15) is 22.8 Å². The number of hydrogen-bond donors (Lipinski definition) is 1. The number of aromatic amines is 1. The number of nitrogens with one attached hydrogen (secondary N) is 1. The molecule has 0 saturated carbocycles. The van der Waals surface area contributed by atoms with Gasteiger partial charge in [-0.2, -0.15) is 13.2 Å². The van der Waals surface area contributed by atoms with Crippen molar-refractivity contribution in [1.29, 1.82) is 0 Å². The number of pyridine rings is 2. The lowest BCUT2D eigenvalue weighted by Gasteiger charge is -2.34. The maximum Gasteiger partial charge on any atom is 0.416 e. The molecule has 4 aromatic rings. The van der Waals surface area contributed by atoms with E-state index in [-0.39, 0.29) is 48.1 Å². The van der Waals surface area contributed by atoms with Crippen molar-refractivity contribution >= 4 is 17.1 Å². The Labute approximate surface area is 257 Å². The Morgan fingerprint density at radius 3 is 2.58 bits per heavy atom. The molecule has 0 spiro atoms. The minimum absolute atomic E-state index is 0.0819. The first-order valence-electron chi connectivity index (χ1n) is 15.0. The molecule has 10 nitrogen and oxygen atoms in total. The van der Waals surface area contributed by atoms with E-state index in [1.54, 1.807) is 29.3 Å². The third-order valence-electron chi connectivity index (χ3n) is 8.46. The van der Waals surface area contributed by atoms with E-state index >= 15 is 0 Å². The van der Waals surface area contributed by atoms with Gasteiger partial charge in [0.25, 0.3) is 5.56 Å². The molecule has 3 aromatic heterocycles. The molecule has 45 heavy (non-hydrogen) atoms. The fourth-order valence-corrected chi connectivity index (χ4v) is 6.06. The molecule has 236 valence electrons. The molecule has 2 aliphatic rings. The fraction of sp³-hybridized carbons (Fsp3) is 0.406. The summed E-state index contributed by atoms with van der Waals surface area (Å²) in [6, 6.07) is 7.71. The van der Waals surface area contributed by atoms with Crippen LogP contribution in [0.2, 0.25) is 0 Å². The van der Waals surface area contributed by atoms with Gasteiger partial charge in [0.2, 0.25) is 5.91 Å². The Kier molecular flexibility index (Phi) is 8.56. The number of nitrogens with zero attached hydrogens (tertiary/aromatic N) is 6. The monoisotopic (exact) mass is 621 g/mol. The third-order valence-corrected chi connectivity index (χ3v) is 8.46. The molecule has 1 aromatic carbocycles. The SMILES string of the molecule is CCN1CCN(Cc2ccc(CC(=O)N3Cc4cc(Oc5ccnc6[nH]c(=O)cnc56)cnc4C(C)C3)cc2C(F)(F)F)CC1. The van der Waals surface area contributed by atoms with Gasteiger partial charge in [0, 0.05) is 64.0 Å². The highest BCUT2D eigenvalue weighted by molar-refractivity contribution is 5.79. The number of aromatic nitrogens is 4. The molecule has 5 heterocycles. The second kappa shape index (κ2) is 12.6. The highest BCUT2D eigenvalue weighted by Crippen LogP contribution is 2.35. The molecule has 1 fully saturated rings. The van der Waals surface area contributed by atoms with Crippen LogP contribution in [-0.4, -0.2) is 79.8 Å². The Hall–Kier alpha value is -4.36.